The van der Waals surface area contributed by atoms with Crippen LogP contribution < -0.4 is 0 Å². The number of phenols is 1. The van der Waals surface area contributed by atoms with Crippen molar-refractivity contribution in [3.05, 3.63) is 28.8 Å². The monoisotopic (exact) mass is 191 g/mol. The molecule has 0 amide bonds. The highest BCUT2D eigenvalue weighted by atomic mass is 16.4. The van der Waals surface area contributed by atoms with Gasteiger partial charge in [-0.15, -0.1) is 0 Å². The number of hydrogen-bond acceptors (Lipinski definition) is 4. The van der Waals surface area contributed by atoms with Gasteiger partial charge < -0.3 is 10.2 Å². The van der Waals surface area contributed by atoms with Crippen LogP contribution in [0.25, 0.3) is 0 Å². The first-order valence-electron chi connectivity index (χ1n) is 3.55. The fourth-order valence-corrected chi connectivity index (χ4v) is 1.04. The van der Waals surface area contributed by atoms with Gasteiger partial charge in [0, 0.05) is 5.56 Å². The minimum absolute atomic E-state index is 0.0367. The van der Waals surface area contributed by atoms with Gasteiger partial charge in [-0.25, -0.2) is 4.79 Å². The minimum Gasteiger partial charge on any atom is -0.507 e. The predicted octanol–water partition coefficient (Wildman–Crippen LogP) is 0.775. The highest BCUT2D eigenvalue weighted by Crippen LogP contribution is 2.22. The average Bonchev–Trinajstić information content (AvgIpc) is 2.15. The fourth-order valence-electron chi connectivity index (χ4n) is 1.04. The third-order valence-corrected chi connectivity index (χ3v) is 1.62. The Morgan fingerprint density at radius 1 is 1.50 bits per heavy atom. The lowest BCUT2D eigenvalue weighted by atomic mass is 10.0. The molecule has 0 aromatic heterocycles. The molecule has 0 aliphatic carbocycles. The molecule has 0 radical (unpaired) electrons. The predicted molar refractivity (Wildman–Crippen MR) is 45.2 cm³/mol. The first-order chi connectivity index (χ1) is 6.60. The van der Waals surface area contributed by atoms with Gasteiger partial charge >= 0.3 is 5.97 Å². The SMILES string of the molecule is N#Cc1cc(O)c(C(=O)O)c(C=O)c1. The van der Waals surface area contributed by atoms with Gasteiger partial charge in [0.2, 0.25) is 0 Å². The van der Waals surface area contributed by atoms with Crippen LogP contribution in [0, 0.1) is 11.3 Å². The molecule has 0 aliphatic rings. The smallest absolute Gasteiger partial charge is 0.340 e. The average molecular weight is 191 g/mol. The number of carboxylic acids is 1. The number of nitrogens with zero attached hydrogens (tertiary/aromatic N) is 1. The van der Waals surface area contributed by atoms with Crippen LogP contribution in [0.15, 0.2) is 12.1 Å². The maximum atomic E-state index is 10.6. The third kappa shape index (κ3) is 1.54. The summed E-state index contributed by atoms with van der Waals surface area (Å²) in [6.07, 6.45) is 0.282. The second-order valence-electron chi connectivity index (χ2n) is 2.49. The summed E-state index contributed by atoms with van der Waals surface area (Å²) in [5.41, 5.74) is -0.664. The Kier molecular flexibility index (Phi) is 2.49. The summed E-state index contributed by atoms with van der Waals surface area (Å²) in [5.74, 6) is -1.99. The van der Waals surface area contributed by atoms with E-state index in [1.807, 2.05) is 0 Å². The molecule has 2 N–H and O–H groups in total. The number of benzene rings is 1. The number of aldehydes is 1. The Bertz CT molecular complexity index is 445. The maximum Gasteiger partial charge on any atom is 0.340 e. The number of carboxylic acid groups (broad SMARTS) is 1. The van der Waals surface area contributed by atoms with Crippen molar-refractivity contribution in [3.63, 3.8) is 0 Å². The molecule has 5 nitrogen and oxygen atoms in total. The van der Waals surface area contributed by atoms with Crippen LogP contribution in [0.5, 0.6) is 5.75 Å². The number of rotatable bonds is 2. The normalized spacial score (nSPS) is 9.07. The van der Waals surface area contributed by atoms with Gasteiger partial charge in [0.1, 0.15) is 11.3 Å². The molecular formula is C9H5NO4. The van der Waals surface area contributed by atoms with Crippen LogP contribution in [-0.2, 0) is 0 Å². The molecule has 0 saturated carbocycles. The van der Waals surface area contributed by atoms with E-state index < -0.39 is 17.3 Å². The van der Waals surface area contributed by atoms with Crippen LogP contribution in [0.3, 0.4) is 0 Å². The van der Waals surface area contributed by atoms with Gasteiger partial charge in [-0.3, -0.25) is 4.79 Å². The van der Waals surface area contributed by atoms with Crippen LogP contribution in [0.4, 0.5) is 0 Å². The van der Waals surface area contributed by atoms with E-state index in [-0.39, 0.29) is 17.4 Å². The van der Waals surface area contributed by atoms with Crippen LogP contribution >= 0.6 is 0 Å². The molecule has 0 aliphatic heterocycles. The van der Waals surface area contributed by atoms with Crippen molar-refractivity contribution in [3.8, 4) is 11.8 Å². The summed E-state index contributed by atoms with van der Waals surface area (Å²) in [6, 6.07) is 3.80. The molecule has 5 heteroatoms. The Morgan fingerprint density at radius 2 is 2.14 bits per heavy atom. The van der Waals surface area contributed by atoms with Crippen molar-refractivity contribution in [2.75, 3.05) is 0 Å². The van der Waals surface area contributed by atoms with E-state index in [0.29, 0.717) is 0 Å². The van der Waals surface area contributed by atoms with Crippen molar-refractivity contribution >= 4 is 12.3 Å². The van der Waals surface area contributed by atoms with E-state index >= 15 is 0 Å². The lowest BCUT2D eigenvalue weighted by Gasteiger charge is -2.02. The zero-order valence-electron chi connectivity index (χ0n) is 6.89. The van der Waals surface area contributed by atoms with Crippen molar-refractivity contribution in [1.29, 1.82) is 5.26 Å². The van der Waals surface area contributed by atoms with Crippen LogP contribution in [0.2, 0.25) is 0 Å². The number of nitriles is 1. The third-order valence-electron chi connectivity index (χ3n) is 1.62. The van der Waals surface area contributed by atoms with E-state index in [1.54, 1.807) is 6.07 Å². The number of hydrogen-bond donors (Lipinski definition) is 2. The zero-order chi connectivity index (χ0) is 10.7. The number of carbonyl (C=O) groups is 2. The number of aromatic carboxylic acids is 1. The molecule has 70 valence electrons. The largest absolute Gasteiger partial charge is 0.507 e. The molecule has 0 atom stereocenters. The minimum atomic E-state index is -1.41. The van der Waals surface area contributed by atoms with Crippen molar-refractivity contribution in [2.45, 2.75) is 0 Å². The highest BCUT2D eigenvalue weighted by Gasteiger charge is 2.16. The lowest BCUT2D eigenvalue weighted by molar-refractivity contribution is 0.0690. The maximum absolute atomic E-state index is 10.6. The van der Waals surface area contributed by atoms with E-state index in [2.05, 4.69) is 0 Å². The summed E-state index contributed by atoms with van der Waals surface area (Å²) in [6.45, 7) is 0. The first-order valence-corrected chi connectivity index (χ1v) is 3.55. The number of aromatic hydroxyl groups is 1. The Morgan fingerprint density at radius 3 is 2.57 bits per heavy atom. The van der Waals surface area contributed by atoms with Gasteiger partial charge in [0.05, 0.1) is 11.6 Å². The summed E-state index contributed by atoms with van der Waals surface area (Å²) in [4.78, 5) is 21.1. The van der Waals surface area contributed by atoms with Crippen LogP contribution in [-0.4, -0.2) is 22.5 Å². The van der Waals surface area contributed by atoms with E-state index in [1.165, 1.54) is 0 Å². The molecule has 0 unspecified atom stereocenters. The highest BCUT2D eigenvalue weighted by molar-refractivity contribution is 6.00. The summed E-state index contributed by atoms with van der Waals surface area (Å²) < 4.78 is 0. The van der Waals surface area contributed by atoms with Gasteiger partial charge in [0.25, 0.3) is 0 Å². The molecule has 1 aromatic rings. The molecule has 0 spiro atoms. The summed E-state index contributed by atoms with van der Waals surface area (Å²) >= 11 is 0. The zero-order valence-corrected chi connectivity index (χ0v) is 6.89. The molecule has 1 aromatic carbocycles. The molecule has 0 fully saturated rings. The lowest BCUT2D eigenvalue weighted by Crippen LogP contribution is -2.02. The second kappa shape index (κ2) is 3.58. The van der Waals surface area contributed by atoms with Crippen molar-refractivity contribution in [1.82, 2.24) is 0 Å². The first kappa shape index (κ1) is 9.74. The Hall–Kier alpha value is -2.35. The molecule has 14 heavy (non-hydrogen) atoms. The molecule has 0 bridgehead atoms. The van der Waals surface area contributed by atoms with Crippen molar-refractivity contribution in [2.24, 2.45) is 0 Å². The molecule has 0 saturated heterocycles. The van der Waals surface area contributed by atoms with Gasteiger partial charge in [-0.2, -0.15) is 5.26 Å². The standard InChI is InChI=1S/C9H5NO4/c10-3-5-1-6(4-11)8(9(13)14)7(12)2-5/h1-2,4,12H,(H,13,14). The summed E-state index contributed by atoms with van der Waals surface area (Å²) in [5, 5.41) is 26.3. The topological polar surface area (TPSA) is 98.4 Å². The number of carbonyl (C=O) groups excluding carboxylic acids is 1. The van der Waals surface area contributed by atoms with Gasteiger partial charge in [-0.1, -0.05) is 0 Å². The molecule has 1 rings (SSSR count). The second-order valence-corrected chi connectivity index (χ2v) is 2.49. The quantitative estimate of drug-likeness (QED) is 0.673. The Balaban J connectivity index is 3.52. The van der Waals surface area contributed by atoms with Crippen LogP contribution in [0.1, 0.15) is 26.3 Å². The van der Waals surface area contributed by atoms with E-state index in [9.17, 15) is 14.7 Å². The summed E-state index contributed by atoms with van der Waals surface area (Å²) in [7, 11) is 0. The van der Waals surface area contributed by atoms with Gasteiger partial charge in [0.15, 0.2) is 6.29 Å². The van der Waals surface area contributed by atoms with Crippen molar-refractivity contribution < 1.29 is 19.8 Å². The fraction of sp³-hybridized carbons (Fsp3) is 0. The molecule has 0 heterocycles. The molecular weight excluding hydrogens is 186 g/mol. The van der Waals surface area contributed by atoms with E-state index in [4.69, 9.17) is 10.4 Å². The van der Waals surface area contributed by atoms with E-state index in [0.717, 1.165) is 12.1 Å². The van der Waals surface area contributed by atoms with Gasteiger partial charge in [-0.05, 0) is 12.1 Å². The Labute approximate surface area is 78.8 Å².